The Bertz CT molecular complexity index is 944. The molecule has 0 aliphatic rings. The van der Waals surface area contributed by atoms with Crippen LogP contribution in [0.5, 0.6) is 0 Å². The molecule has 2 aromatic heterocycles. The third kappa shape index (κ3) is 3.22. The van der Waals surface area contributed by atoms with E-state index in [0.29, 0.717) is 11.5 Å². The molecule has 0 fully saturated rings. The van der Waals surface area contributed by atoms with Gasteiger partial charge in [0.15, 0.2) is 5.82 Å². The van der Waals surface area contributed by atoms with Crippen LogP contribution in [0.25, 0.3) is 0 Å². The van der Waals surface area contributed by atoms with Gasteiger partial charge in [-0.3, -0.25) is 19.6 Å². The molecule has 10 nitrogen and oxygen atoms in total. The maximum Gasteiger partial charge on any atom is 0.293 e. The van der Waals surface area contributed by atoms with Crippen molar-refractivity contribution < 1.29 is 9.72 Å². The summed E-state index contributed by atoms with van der Waals surface area (Å²) in [6.07, 6.45) is 4.54. The fraction of sp³-hybridized carbons (Fsp3) is 0.200. The number of carbonyl (C=O) groups is 1. The summed E-state index contributed by atoms with van der Waals surface area (Å²) in [7, 11) is 3.42. The lowest BCUT2D eigenvalue weighted by atomic mass is 10.1. The molecule has 1 N–H and O–H groups in total. The molecule has 0 amide bonds. The Morgan fingerprint density at radius 2 is 2.12 bits per heavy atom. The highest BCUT2D eigenvalue weighted by molar-refractivity contribution is 6.07. The van der Waals surface area contributed by atoms with Crippen LogP contribution >= 0.6 is 0 Å². The van der Waals surface area contributed by atoms with Gasteiger partial charge in [0.25, 0.3) is 5.69 Å². The van der Waals surface area contributed by atoms with Crippen molar-refractivity contribution in [3.8, 4) is 0 Å². The van der Waals surface area contributed by atoms with Crippen molar-refractivity contribution in [1.82, 2.24) is 24.3 Å². The van der Waals surface area contributed by atoms with Crippen LogP contribution in [0.1, 0.15) is 22.0 Å². The van der Waals surface area contributed by atoms with Crippen molar-refractivity contribution in [3.05, 3.63) is 64.2 Å². The van der Waals surface area contributed by atoms with E-state index in [0.717, 1.165) is 0 Å². The number of nitrogens with zero attached hydrogens (tertiary/aromatic N) is 6. The summed E-state index contributed by atoms with van der Waals surface area (Å²) in [4.78, 5) is 31.3. The molecule has 0 unspecified atom stereocenters. The van der Waals surface area contributed by atoms with Crippen molar-refractivity contribution in [3.63, 3.8) is 0 Å². The highest BCUT2D eigenvalue weighted by atomic mass is 16.6. The zero-order chi connectivity index (χ0) is 18.0. The molecule has 0 atom stereocenters. The molecular formula is C15H15N7O3. The molecule has 0 bridgehead atoms. The average Bonchev–Trinajstić information content (AvgIpc) is 3.20. The van der Waals surface area contributed by atoms with E-state index in [4.69, 9.17) is 0 Å². The number of ketones is 1. The van der Waals surface area contributed by atoms with Crippen molar-refractivity contribution in [2.45, 2.75) is 6.54 Å². The summed E-state index contributed by atoms with van der Waals surface area (Å²) in [5.74, 6) is 0.465. The summed E-state index contributed by atoms with van der Waals surface area (Å²) in [6.45, 7) is 0.268. The minimum Gasteiger partial charge on any atom is -0.372 e. The largest absolute Gasteiger partial charge is 0.372 e. The fourth-order valence-electron chi connectivity index (χ4n) is 2.34. The molecule has 3 aromatic rings. The number of benzene rings is 1. The zero-order valence-electron chi connectivity index (χ0n) is 13.6. The van der Waals surface area contributed by atoms with E-state index in [9.17, 15) is 14.9 Å². The Hall–Kier alpha value is -3.56. The van der Waals surface area contributed by atoms with Gasteiger partial charge in [-0.2, -0.15) is 5.10 Å². The van der Waals surface area contributed by atoms with Crippen LogP contribution in [0.15, 0.2) is 36.9 Å². The second-order valence-corrected chi connectivity index (χ2v) is 5.33. The van der Waals surface area contributed by atoms with E-state index >= 15 is 0 Å². The van der Waals surface area contributed by atoms with Crippen molar-refractivity contribution in [1.29, 1.82) is 0 Å². The molecular weight excluding hydrogens is 326 g/mol. The number of carbonyl (C=O) groups excluding carboxylic acids is 1. The van der Waals surface area contributed by atoms with Gasteiger partial charge in [0.2, 0.25) is 5.78 Å². The first-order valence-corrected chi connectivity index (χ1v) is 7.34. The standard InChI is InChI=1S/C15H15N7O3/c1-20-6-5-16-15(20)14(23)10-3-4-11(12(7-10)22(24)25)17-8-13-18-9-19-21(13)2/h3-7,9,17H,8H2,1-2H3. The highest BCUT2D eigenvalue weighted by Crippen LogP contribution is 2.27. The zero-order valence-corrected chi connectivity index (χ0v) is 13.6. The van der Waals surface area contributed by atoms with E-state index < -0.39 is 4.92 Å². The molecule has 0 saturated heterocycles. The van der Waals surface area contributed by atoms with Crippen LogP contribution in [0.2, 0.25) is 0 Å². The Balaban J connectivity index is 1.88. The molecule has 128 valence electrons. The van der Waals surface area contributed by atoms with Crippen LogP contribution in [-0.4, -0.2) is 35.0 Å². The smallest absolute Gasteiger partial charge is 0.293 e. The predicted molar refractivity (Wildman–Crippen MR) is 88.1 cm³/mol. The van der Waals surface area contributed by atoms with Crippen LogP contribution in [0.4, 0.5) is 11.4 Å². The van der Waals surface area contributed by atoms with Crippen molar-refractivity contribution in [2.75, 3.05) is 5.32 Å². The highest BCUT2D eigenvalue weighted by Gasteiger charge is 2.20. The molecule has 1 aromatic carbocycles. The van der Waals surface area contributed by atoms with E-state index in [1.807, 2.05) is 0 Å². The lowest BCUT2D eigenvalue weighted by Crippen LogP contribution is -2.11. The maximum atomic E-state index is 12.5. The van der Waals surface area contributed by atoms with E-state index in [2.05, 4.69) is 20.4 Å². The van der Waals surface area contributed by atoms with E-state index in [1.165, 1.54) is 30.7 Å². The number of nitro benzene ring substituents is 1. The first-order chi connectivity index (χ1) is 12.0. The molecule has 0 spiro atoms. The Morgan fingerprint density at radius 3 is 2.72 bits per heavy atom. The maximum absolute atomic E-state index is 12.5. The number of hydrogen-bond acceptors (Lipinski definition) is 7. The second-order valence-electron chi connectivity index (χ2n) is 5.33. The summed E-state index contributed by atoms with van der Waals surface area (Å²) in [5.41, 5.74) is 0.303. The number of imidazole rings is 1. The quantitative estimate of drug-likeness (QED) is 0.407. The van der Waals surface area contributed by atoms with Crippen molar-refractivity contribution in [2.24, 2.45) is 14.1 Å². The topological polar surface area (TPSA) is 121 Å². The third-order valence-corrected chi connectivity index (χ3v) is 3.72. The molecule has 2 heterocycles. The summed E-state index contributed by atoms with van der Waals surface area (Å²) in [5, 5.41) is 18.3. The van der Waals surface area contributed by atoms with Gasteiger partial charge in [-0.1, -0.05) is 0 Å². The minimum atomic E-state index is -0.534. The summed E-state index contributed by atoms with van der Waals surface area (Å²) in [6, 6.07) is 4.28. The Morgan fingerprint density at radius 1 is 1.32 bits per heavy atom. The number of hydrogen-bond donors (Lipinski definition) is 1. The van der Waals surface area contributed by atoms with Gasteiger partial charge < -0.3 is 9.88 Å². The minimum absolute atomic E-state index is 0.192. The number of rotatable bonds is 6. The number of nitro groups is 1. The van der Waals surface area contributed by atoms with Crippen LogP contribution in [-0.2, 0) is 20.6 Å². The van der Waals surface area contributed by atoms with Gasteiger partial charge >= 0.3 is 0 Å². The normalized spacial score (nSPS) is 10.6. The monoisotopic (exact) mass is 341 g/mol. The van der Waals surface area contributed by atoms with Gasteiger partial charge in [0.05, 0.1) is 11.5 Å². The fourth-order valence-corrected chi connectivity index (χ4v) is 2.34. The molecule has 0 saturated carbocycles. The van der Waals surface area contributed by atoms with Crippen LogP contribution in [0.3, 0.4) is 0 Å². The predicted octanol–water partition coefficient (Wildman–Crippen LogP) is 1.30. The van der Waals surface area contributed by atoms with E-state index in [1.54, 1.807) is 29.5 Å². The first kappa shape index (κ1) is 16.3. The van der Waals surface area contributed by atoms with Crippen LogP contribution < -0.4 is 5.32 Å². The van der Waals surface area contributed by atoms with Crippen LogP contribution in [0, 0.1) is 10.1 Å². The summed E-state index contributed by atoms with van der Waals surface area (Å²) >= 11 is 0. The molecule has 3 rings (SSSR count). The van der Waals surface area contributed by atoms with Gasteiger partial charge in [0, 0.05) is 38.1 Å². The van der Waals surface area contributed by atoms with Crippen molar-refractivity contribution >= 4 is 17.2 Å². The second kappa shape index (κ2) is 6.51. The third-order valence-electron chi connectivity index (χ3n) is 3.72. The van der Waals surface area contributed by atoms with Gasteiger partial charge in [-0.25, -0.2) is 9.97 Å². The Labute approximate surface area is 142 Å². The number of aromatic nitrogens is 5. The first-order valence-electron chi connectivity index (χ1n) is 7.34. The number of aryl methyl sites for hydroxylation is 2. The molecule has 0 radical (unpaired) electrons. The number of anilines is 1. The van der Waals surface area contributed by atoms with Gasteiger partial charge in [0.1, 0.15) is 17.8 Å². The van der Waals surface area contributed by atoms with Gasteiger partial charge in [-0.05, 0) is 12.1 Å². The van der Waals surface area contributed by atoms with Gasteiger partial charge in [-0.15, -0.1) is 0 Å². The average molecular weight is 341 g/mol. The molecule has 0 aliphatic heterocycles. The number of nitrogens with one attached hydrogen (secondary N) is 1. The SMILES string of the molecule is Cn1ccnc1C(=O)c1ccc(NCc2ncnn2C)c([N+](=O)[O-])c1. The van der Waals surface area contributed by atoms with E-state index in [-0.39, 0.29) is 29.4 Å². The Kier molecular flexibility index (Phi) is 4.25. The molecule has 25 heavy (non-hydrogen) atoms. The molecule has 10 heteroatoms. The summed E-state index contributed by atoms with van der Waals surface area (Å²) < 4.78 is 3.13. The lowest BCUT2D eigenvalue weighted by molar-refractivity contribution is -0.384. The lowest BCUT2D eigenvalue weighted by Gasteiger charge is -2.08. The molecule has 0 aliphatic carbocycles.